The van der Waals surface area contributed by atoms with Crippen molar-refractivity contribution in [2.24, 2.45) is 0 Å². The van der Waals surface area contributed by atoms with Crippen molar-refractivity contribution in [3.63, 3.8) is 0 Å². The van der Waals surface area contributed by atoms with Crippen molar-refractivity contribution in [3.05, 3.63) is 51.4 Å². The molecule has 0 aliphatic heterocycles. The molecule has 1 heterocycles. The highest BCUT2D eigenvalue weighted by Crippen LogP contribution is 2.21. The van der Waals surface area contributed by atoms with Crippen LogP contribution in [0.4, 0.5) is 11.4 Å². The van der Waals surface area contributed by atoms with Crippen LogP contribution in [0, 0.1) is 24.0 Å². The van der Waals surface area contributed by atoms with Gasteiger partial charge in [-0.1, -0.05) is 5.16 Å². The summed E-state index contributed by atoms with van der Waals surface area (Å²) >= 11 is 0. The molecule has 0 radical (unpaired) electrons. The number of hydrogen-bond donors (Lipinski definition) is 1. The van der Waals surface area contributed by atoms with Gasteiger partial charge in [0.1, 0.15) is 0 Å². The van der Waals surface area contributed by atoms with Crippen molar-refractivity contribution >= 4 is 23.3 Å². The molecule has 1 aromatic heterocycles. The number of anilines is 1. The lowest BCUT2D eigenvalue weighted by molar-refractivity contribution is -0.384. The van der Waals surface area contributed by atoms with Gasteiger partial charge in [0.2, 0.25) is 5.76 Å². The van der Waals surface area contributed by atoms with Crippen LogP contribution in [0.25, 0.3) is 0 Å². The predicted octanol–water partition coefficient (Wildman–Crippen LogP) is 2.00. The van der Waals surface area contributed by atoms with E-state index in [2.05, 4.69) is 10.5 Å². The molecule has 0 spiro atoms. The molecular weight excluding hydrogens is 306 g/mol. The zero-order valence-electron chi connectivity index (χ0n) is 12.4. The molecule has 9 nitrogen and oxygen atoms in total. The molecule has 9 heteroatoms. The Labute approximate surface area is 130 Å². The van der Waals surface area contributed by atoms with Crippen LogP contribution < -0.4 is 5.32 Å². The van der Waals surface area contributed by atoms with E-state index in [9.17, 15) is 19.7 Å². The number of carbonyl (C=O) groups is 2. The van der Waals surface area contributed by atoms with Gasteiger partial charge >= 0.3 is 5.97 Å². The normalized spacial score (nSPS) is 10.2. The Bertz CT molecular complexity index is 768. The first-order valence-electron chi connectivity index (χ1n) is 6.52. The number of nitrogens with one attached hydrogen (secondary N) is 1. The van der Waals surface area contributed by atoms with Crippen molar-refractivity contribution in [3.8, 4) is 0 Å². The minimum absolute atomic E-state index is 0.0763. The highest BCUT2D eigenvalue weighted by molar-refractivity contribution is 5.95. The van der Waals surface area contributed by atoms with E-state index < -0.39 is 23.4 Å². The third-order valence-electron chi connectivity index (χ3n) is 2.86. The summed E-state index contributed by atoms with van der Waals surface area (Å²) < 4.78 is 9.50. The molecule has 0 atom stereocenters. The summed E-state index contributed by atoms with van der Waals surface area (Å²) in [5, 5.41) is 16.7. The number of esters is 1. The van der Waals surface area contributed by atoms with E-state index >= 15 is 0 Å². The molecule has 0 aliphatic rings. The number of nitro groups is 1. The van der Waals surface area contributed by atoms with Crippen LogP contribution in [-0.2, 0) is 9.53 Å². The van der Waals surface area contributed by atoms with E-state index in [-0.39, 0.29) is 11.4 Å². The number of amides is 1. The van der Waals surface area contributed by atoms with Crippen molar-refractivity contribution < 1.29 is 23.8 Å². The number of aromatic nitrogens is 1. The second-order valence-corrected chi connectivity index (χ2v) is 4.71. The SMILES string of the molecule is Cc1cc(C(=O)OCC(=O)Nc2ccc([N+](=O)[O-])cc2C)on1. The van der Waals surface area contributed by atoms with Crippen LogP contribution in [0.2, 0.25) is 0 Å². The summed E-state index contributed by atoms with van der Waals surface area (Å²) in [4.78, 5) is 33.5. The Morgan fingerprint density at radius 3 is 2.65 bits per heavy atom. The summed E-state index contributed by atoms with van der Waals surface area (Å²) in [6, 6.07) is 5.40. The molecule has 0 saturated heterocycles. The molecule has 0 unspecified atom stereocenters. The van der Waals surface area contributed by atoms with E-state index in [0.717, 1.165) is 0 Å². The van der Waals surface area contributed by atoms with Crippen LogP contribution in [-0.4, -0.2) is 28.6 Å². The van der Waals surface area contributed by atoms with E-state index in [4.69, 9.17) is 9.26 Å². The summed E-state index contributed by atoms with van der Waals surface area (Å²) in [5.74, 6) is -1.48. The fourth-order valence-electron chi connectivity index (χ4n) is 1.75. The van der Waals surface area contributed by atoms with Gasteiger partial charge in [0.25, 0.3) is 11.6 Å². The van der Waals surface area contributed by atoms with E-state index in [1.807, 2.05) is 0 Å². The predicted molar refractivity (Wildman–Crippen MR) is 78.0 cm³/mol. The van der Waals surface area contributed by atoms with Gasteiger partial charge in [0, 0.05) is 23.9 Å². The Balaban J connectivity index is 1.92. The molecule has 0 aliphatic carbocycles. The molecule has 1 aromatic carbocycles. The lowest BCUT2D eigenvalue weighted by atomic mass is 10.2. The number of carbonyl (C=O) groups excluding carboxylic acids is 2. The Hall–Kier alpha value is -3.23. The molecule has 2 rings (SSSR count). The minimum atomic E-state index is -0.804. The summed E-state index contributed by atoms with van der Waals surface area (Å²) in [6.07, 6.45) is 0. The van der Waals surface area contributed by atoms with Gasteiger partial charge in [-0.05, 0) is 25.5 Å². The zero-order valence-corrected chi connectivity index (χ0v) is 12.4. The summed E-state index contributed by atoms with van der Waals surface area (Å²) in [6.45, 7) is 2.74. The van der Waals surface area contributed by atoms with Crippen molar-refractivity contribution in [1.82, 2.24) is 5.16 Å². The van der Waals surface area contributed by atoms with Crippen LogP contribution in [0.15, 0.2) is 28.8 Å². The minimum Gasteiger partial charge on any atom is -0.450 e. The topological polar surface area (TPSA) is 125 Å². The van der Waals surface area contributed by atoms with E-state index in [1.165, 1.54) is 24.3 Å². The second kappa shape index (κ2) is 6.69. The Morgan fingerprint density at radius 1 is 1.35 bits per heavy atom. The van der Waals surface area contributed by atoms with Gasteiger partial charge in [-0.25, -0.2) is 4.79 Å². The lowest BCUT2D eigenvalue weighted by Crippen LogP contribution is -2.21. The maximum Gasteiger partial charge on any atom is 0.377 e. The van der Waals surface area contributed by atoms with Crippen LogP contribution in [0.5, 0.6) is 0 Å². The third kappa shape index (κ3) is 4.13. The number of aryl methyl sites for hydroxylation is 2. The quantitative estimate of drug-likeness (QED) is 0.507. The molecule has 0 fully saturated rings. The van der Waals surface area contributed by atoms with Crippen molar-refractivity contribution in [1.29, 1.82) is 0 Å². The largest absolute Gasteiger partial charge is 0.450 e. The number of benzene rings is 1. The number of hydrogen-bond acceptors (Lipinski definition) is 7. The fourth-order valence-corrected chi connectivity index (χ4v) is 1.75. The van der Waals surface area contributed by atoms with Crippen molar-refractivity contribution in [2.45, 2.75) is 13.8 Å². The standard InChI is InChI=1S/C14H13N3O6/c1-8-5-10(17(20)21)3-4-11(8)15-13(18)7-22-14(19)12-6-9(2)16-23-12/h3-6H,7H2,1-2H3,(H,15,18). The molecule has 1 amide bonds. The molecule has 0 saturated carbocycles. The maximum atomic E-state index is 11.8. The van der Waals surface area contributed by atoms with Gasteiger partial charge in [-0.3, -0.25) is 14.9 Å². The number of nitrogens with zero attached hydrogens (tertiary/aromatic N) is 2. The first-order valence-corrected chi connectivity index (χ1v) is 6.52. The highest BCUT2D eigenvalue weighted by atomic mass is 16.6. The molecule has 0 bridgehead atoms. The van der Waals surface area contributed by atoms with Gasteiger partial charge in [-0.2, -0.15) is 0 Å². The van der Waals surface area contributed by atoms with Crippen molar-refractivity contribution in [2.75, 3.05) is 11.9 Å². The summed E-state index contributed by atoms with van der Waals surface area (Å²) in [7, 11) is 0. The number of non-ortho nitro benzene ring substituents is 1. The number of rotatable bonds is 5. The average molecular weight is 319 g/mol. The number of nitro benzene ring substituents is 1. The Morgan fingerprint density at radius 2 is 2.09 bits per heavy atom. The maximum absolute atomic E-state index is 11.8. The first-order chi connectivity index (χ1) is 10.9. The third-order valence-corrected chi connectivity index (χ3v) is 2.86. The van der Waals surface area contributed by atoms with E-state index in [0.29, 0.717) is 16.9 Å². The second-order valence-electron chi connectivity index (χ2n) is 4.71. The van der Waals surface area contributed by atoms with Gasteiger partial charge < -0.3 is 14.6 Å². The molecule has 120 valence electrons. The molecular formula is C14H13N3O6. The van der Waals surface area contributed by atoms with Crippen LogP contribution >= 0.6 is 0 Å². The van der Waals surface area contributed by atoms with Gasteiger partial charge in [0.15, 0.2) is 6.61 Å². The lowest BCUT2D eigenvalue weighted by Gasteiger charge is -2.08. The van der Waals surface area contributed by atoms with Gasteiger partial charge in [0.05, 0.1) is 10.6 Å². The molecule has 1 N–H and O–H groups in total. The van der Waals surface area contributed by atoms with Gasteiger partial charge in [-0.15, -0.1) is 0 Å². The summed E-state index contributed by atoms with van der Waals surface area (Å²) in [5.41, 5.74) is 1.35. The monoisotopic (exact) mass is 319 g/mol. The fraction of sp³-hybridized carbons (Fsp3) is 0.214. The first kappa shape index (κ1) is 16.1. The van der Waals surface area contributed by atoms with Crippen LogP contribution in [0.1, 0.15) is 21.8 Å². The molecule has 23 heavy (non-hydrogen) atoms. The smallest absolute Gasteiger partial charge is 0.377 e. The average Bonchev–Trinajstić information content (AvgIpc) is 2.93. The van der Waals surface area contributed by atoms with Crippen LogP contribution in [0.3, 0.4) is 0 Å². The number of ether oxygens (including phenoxy) is 1. The molecule has 2 aromatic rings. The highest BCUT2D eigenvalue weighted by Gasteiger charge is 2.16. The Kier molecular flexibility index (Phi) is 4.69. The zero-order chi connectivity index (χ0) is 17.0. The van der Waals surface area contributed by atoms with E-state index in [1.54, 1.807) is 13.8 Å².